The molecule has 1 heterocycles. The first-order chi connectivity index (χ1) is 9.60. The van der Waals surface area contributed by atoms with Crippen LogP contribution < -0.4 is 5.32 Å². The zero-order chi connectivity index (χ0) is 14.5. The molecule has 2 amide bonds. The molecule has 0 atom stereocenters. The lowest BCUT2D eigenvalue weighted by molar-refractivity contribution is -0.122. The Balaban J connectivity index is 1.90. The van der Waals surface area contributed by atoms with E-state index in [2.05, 4.69) is 5.32 Å². The molecule has 0 bridgehead atoms. The van der Waals surface area contributed by atoms with Gasteiger partial charge in [-0.2, -0.15) is 0 Å². The summed E-state index contributed by atoms with van der Waals surface area (Å²) in [7, 11) is 1.63. The van der Waals surface area contributed by atoms with Crippen LogP contribution in [0.4, 0.5) is 0 Å². The lowest BCUT2D eigenvalue weighted by atomic mass is 10.2. The zero-order valence-electron chi connectivity index (χ0n) is 11.4. The maximum Gasteiger partial charge on any atom is 0.253 e. The molecule has 0 radical (unpaired) electrons. The molecule has 1 N–H and O–H groups in total. The Morgan fingerprint density at radius 2 is 1.95 bits per heavy atom. The van der Waals surface area contributed by atoms with E-state index in [1.54, 1.807) is 36.2 Å². The number of piperazine rings is 1. The molecule has 2 rings (SSSR count). The Hall–Kier alpha value is -1.59. The van der Waals surface area contributed by atoms with Crippen LogP contribution in [0.15, 0.2) is 24.3 Å². The standard InChI is InChI=1S/C14H18ClN3O2/c1-16-13(19)10-17-5-7-18(8-6-17)14(20)11-3-2-4-12(15)9-11/h2-4,9H,5-8,10H2,1H3,(H,16,19). The van der Waals surface area contributed by atoms with E-state index >= 15 is 0 Å². The lowest BCUT2D eigenvalue weighted by Gasteiger charge is -2.34. The molecule has 0 aliphatic carbocycles. The predicted molar refractivity (Wildman–Crippen MR) is 77.9 cm³/mol. The molecule has 6 heteroatoms. The third-order valence-electron chi connectivity index (χ3n) is 3.38. The average Bonchev–Trinajstić information content (AvgIpc) is 2.47. The second-order valence-electron chi connectivity index (χ2n) is 4.75. The van der Waals surface area contributed by atoms with Crippen molar-refractivity contribution >= 4 is 23.4 Å². The minimum atomic E-state index is -0.00732. The molecule has 108 valence electrons. The highest BCUT2D eigenvalue weighted by atomic mass is 35.5. The Bertz CT molecular complexity index is 499. The first-order valence-electron chi connectivity index (χ1n) is 6.58. The van der Waals surface area contributed by atoms with Crippen molar-refractivity contribution in [3.63, 3.8) is 0 Å². The Morgan fingerprint density at radius 1 is 1.25 bits per heavy atom. The van der Waals surface area contributed by atoms with Gasteiger partial charge in [-0.15, -0.1) is 0 Å². The van der Waals surface area contributed by atoms with Gasteiger partial charge >= 0.3 is 0 Å². The predicted octanol–water partition coefficient (Wildman–Crippen LogP) is 0.844. The quantitative estimate of drug-likeness (QED) is 0.899. The van der Waals surface area contributed by atoms with Gasteiger partial charge in [-0.1, -0.05) is 17.7 Å². The number of nitrogens with one attached hydrogen (secondary N) is 1. The van der Waals surface area contributed by atoms with Crippen molar-refractivity contribution in [2.75, 3.05) is 39.8 Å². The van der Waals surface area contributed by atoms with E-state index in [0.29, 0.717) is 43.3 Å². The second kappa shape index (κ2) is 6.72. The van der Waals surface area contributed by atoms with Crippen molar-refractivity contribution in [2.24, 2.45) is 0 Å². The number of halogens is 1. The fourth-order valence-corrected chi connectivity index (χ4v) is 2.39. The molecule has 5 nitrogen and oxygen atoms in total. The first kappa shape index (κ1) is 14.8. The van der Waals surface area contributed by atoms with E-state index in [4.69, 9.17) is 11.6 Å². The lowest BCUT2D eigenvalue weighted by Crippen LogP contribution is -2.50. The molecule has 1 aromatic carbocycles. The largest absolute Gasteiger partial charge is 0.358 e. The van der Waals surface area contributed by atoms with Crippen molar-refractivity contribution < 1.29 is 9.59 Å². The van der Waals surface area contributed by atoms with Gasteiger partial charge < -0.3 is 10.2 Å². The van der Waals surface area contributed by atoms with E-state index in [-0.39, 0.29) is 11.8 Å². The number of hydrogen-bond donors (Lipinski definition) is 1. The van der Waals surface area contributed by atoms with Crippen LogP contribution in [0.2, 0.25) is 5.02 Å². The van der Waals surface area contributed by atoms with Gasteiger partial charge in [-0.3, -0.25) is 14.5 Å². The van der Waals surface area contributed by atoms with Gasteiger partial charge in [0.2, 0.25) is 5.91 Å². The van der Waals surface area contributed by atoms with Crippen molar-refractivity contribution in [3.8, 4) is 0 Å². The van der Waals surface area contributed by atoms with Crippen LogP contribution in [0.1, 0.15) is 10.4 Å². The molecule has 20 heavy (non-hydrogen) atoms. The summed E-state index contributed by atoms with van der Waals surface area (Å²) < 4.78 is 0. The molecule has 1 fully saturated rings. The van der Waals surface area contributed by atoms with Crippen LogP contribution in [0.25, 0.3) is 0 Å². The summed E-state index contributed by atoms with van der Waals surface area (Å²) in [4.78, 5) is 27.5. The van der Waals surface area contributed by atoms with Crippen molar-refractivity contribution in [1.29, 1.82) is 0 Å². The number of carbonyl (C=O) groups excluding carboxylic acids is 2. The fourth-order valence-electron chi connectivity index (χ4n) is 2.20. The maximum absolute atomic E-state index is 12.3. The van der Waals surface area contributed by atoms with Crippen LogP contribution in [0.5, 0.6) is 0 Å². The molecule has 0 spiro atoms. The van der Waals surface area contributed by atoms with Gasteiger partial charge in [0.15, 0.2) is 0 Å². The van der Waals surface area contributed by atoms with E-state index in [1.165, 1.54) is 0 Å². The molecular formula is C14H18ClN3O2. The molecule has 1 aliphatic heterocycles. The summed E-state index contributed by atoms with van der Waals surface area (Å²) in [5.41, 5.74) is 0.609. The summed E-state index contributed by atoms with van der Waals surface area (Å²) in [6.45, 7) is 3.06. The number of rotatable bonds is 3. The summed E-state index contributed by atoms with van der Waals surface area (Å²) in [5.74, 6) is -0.00768. The average molecular weight is 296 g/mol. The van der Waals surface area contributed by atoms with Gasteiger partial charge in [-0.05, 0) is 18.2 Å². The van der Waals surface area contributed by atoms with Crippen LogP contribution in [0, 0.1) is 0 Å². The van der Waals surface area contributed by atoms with Crippen LogP contribution >= 0.6 is 11.6 Å². The zero-order valence-corrected chi connectivity index (χ0v) is 12.2. The van der Waals surface area contributed by atoms with Gasteiger partial charge in [0, 0.05) is 43.8 Å². The second-order valence-corrected chi connectivity index (χ2v) is 5.19. The molecule has 1 saturated heterocycles. The third kappa shape index (κ3) is 3.71. The molecular weight excluding hydrogens is 278 g/mol. The van der Waals surface area contributed by atoms with Crippen molar-refractivity contribution in [3.05, 3.63) is 34.9 Å². The van der Waals surface area contributed by atoms with Crippen LogP contribution in [-0.4, -0.2) is 61.4 Å². The number of nitrogens with zero attached hydrogens (tertiary/aromatic N) is 2. The van der Waals surface area contributed by atoms with Crippen LogP contribution in [-0.2, 0) is 4.79 Å². The molecule has 0 unspecified atom stereocenters. The highest BCUT2D eigenvalue weighted by Gasteiger charge is 2.23. The Labute approximate surface area is 123 Å². The molecule has 0 aromatic heterocycles. The number of carbonyl (C=O) groups is 2. The minimum Gasteiger partial charge on any atom is -0.358 e. The van der Waals surface area contributed by atoms with E-state index < -0.39 is 0 Å². The third-order valence-corrected chi connectivity index (χ3v) is 3.61. The van der Waals surface area contributed by atoms with Crippen molar-refractivity contribution in [2.45, 2.75) is 0 Å². The Morgan fingerprint density at radius 3 is 2.55 bits per heavy atom. The van der Waals surface area contributed by atoms with E-state index in [0.717, 1.165) is 0 Å². The topological polar surface area (TPSA) is 52.7 Å². The summed E-state index contributed by atoms with van der Waals surface area (Å²) in [6, 6.07) is 6.98. The highest BCUT2D eigenvalue weighted by molar-refractivity contribution is 6.30. The number of likely N-dealkylation sites (N-methyl/N-ethyl adjacent to an activating group) is 1. The number of amides is 2. The smallest absolute Gasteiger partial charge is 0.253 e. The van der Waals surface area contributed by atoms with Gasteiger partial charge in [0.1, 0.15) is 0 Å². The highest BCUT2D eigenvalue weighted by Crippen LogP contribution is 2.14. The van der Waals surface area contributed by atoms with Crippen LogP contribution in [0.3, 0.4) is 0 Å². The molecule has 1 aliphatic rings. The summed E-state index contributed by atoms with van der Waals surface area (Å²) in [6.07, 6.45) is 0. The number of benzene rings is 1. The molecule has 1 aromatic rings. The maximum atomic E-state index is 12.3. The number of hydrogen-bond acceptors (Lipinski definition) is 3. The summed E-state index contributed by atoms with van der Waals surface area (Å²) in [5, 5.41) is 3.17. The molecule has 0 saturated carbocycles. The Kier molecular flexibility index (Phi) is 4.98. The monoisotopic (exact) mass is 295 g/mol. The van der Waals surface area contributed by atoms with E-state index in [9.17, 15) is 9.59 Å². The minimum absolute atomic E-state index is 0.000354. The van der Waals surface area contributed by atoms with Gasteiger partial charge in [-0.25, -0.2) is 0 Å². The van der Waals surface area contributed by atoms with Gasteiger partial charge in [0.05, 0.1) is 6.54 Å². The van der Waals surface area contributed by atoms with Gasteiger partial charge in [0.25, 0.3) is 5.91 Å². The van der Waals surface area contributed by atoms with E-state index in [1.807, 2.05) is 4.90 Å². The normalized spacial score (nSPS) is 16.0. The summed E-state index contributed by atoms with van der Waals surface area (Å²) >= 11 is 5.90. The fraction of sp³-hybridized carbons (Fsp3) is 0.429. The SMILES string of the molecule is CNC(=O)CN1CCN(C(=O)c2cccc(Cl)c2)CC1. The van der Waals surface area contributed by atoms with Crippen molar-refractivity contribution in [1.82, 2.24) is 15.1 Å². The first-order valence-corrected chi connectivity index (χ1v) is 6.95.